The maximum absolute atomic E-state index is 11.9. The van der Waals surface area contributed by atoms with Crippen LogP contribution in [-0.2, 0) is 0 Å². The summed E-state index contributed by atoms with van der Waals surface area (Å²) in [7, 11) is 6.95. The number of hydrogen-bond donors (Lipinski definition) is 0. The van der Waals surface area contributed by atoms with Gasteiger partial charge in [0.25, 0.3) is 11.8 Å². The zero-order valence-electron chi connectivity index (χ0n) is 13.7. The number of benzene rings is 2. The fourth-order valence-corrected chi connectivity index (χ4v) is 2.80. The lowest BCUT2D eigenvalue weighted by molar-refractivity contribution is 0.0820. The zero-order chi connectivity index (χ0) is 17.0. The second-order valence-electron chi connectivity index (χ2n) is 5.55. The van der Waals surface area contributed by atoms with Gasteiger partial charge in [0, 0.05) is 49.1 Å². The van der Waals surface area contributed by atoms with Crippen molar-refractivity contribution in [2.24, 2.45) is 0 Å². The van der Waals surface area contributed by atoms with Crippen LogP contribution < -0.4 is 0 Å². The van der Waals surface area contributed by atoms with Crippen LogP contribution in [0.3, 0.4) is 0 Å². The lowest BCUT2D eigenvalue weighted by atomic mass is 10.2. The lowest BCUT2D eigenvalue weighted by Gasteiger charge is -2.11. The number of hydrogen-bond acceptors (Lipinski definition) is 3. The van der Waals surface area contributed by atoms with Crippen molar-refractivity contribution in [1.82, 2.24) is 9.80 Å². The van der Waals surface area contributed by atoms with Crippen molar-refractivity contribution < 1.29 is 9.59 Å². The molecule has 0 fully saturated rings. The Balaban J connectivity index is 2.08. The normalized spacial score (nSPS) is 10.3. The second kappa shape index (κ2) is 7.33. The van der Waals surface area contributed by atoms with Crippen LogP contribution in [0, 0.1) is 0 Å². The third-order valence-electron chi connectivity index (χ3n) is 3.25. The highest BCUT2D eigenvalue weighted by atomic mass is 32.2. The predicted molar refractivity (Wildman–Crippen MR) is 93.0 cm³/mol. The largest absolute Gasteiger partial charge is 0.345 e. The molecule has 0 N–H and O–H groups in total. The van der Waals surface area contributed by atoms with Gasteiger partial charge < -0.3 is 9.80 Å². The summed E-state index contributed by atoms with van der Waals surface area (Å²) >= 11 is 1.60. The first-order valence-corrected chi connectivity index (χ1v) is 8.01. The van der Waals surface area contributed by atoms with Crippen molar-refractivity contribution in [2.45, 2.75) is 9.79 Å². The van der Waals surface area contributed by atoms with Crippen molar-refractivity contribution in [1.29, 1.82) is 0 Å². The van der Waals surface area contributed by atoms with E-state index in [1.165, 1.54) is 0 Å². The molecule has 5 heteroatoms. The van der Waals surface area contributed by atoms with Gasteiger partial charge in [-0.05, 0) is 48.5 Å². The number of carbonyl (C=O) groups is 2. The Labute approximate surface area is 141 Å². The van der Waals surface area contributed by atoms with Crippen LogP contribution in [0.5, 0.6) is 0 Å². The second-order valence-corrected chi connectivity index (χ2v) is 6.70. The molecule has 0 atom stereocenters. The van der Waals surface area contributed by atoms with Crippen LogP contribution in [0.4, 0.5) is 0 Å². The first-order valence-electron chi connectivity index (χ1n) is 7.20. The van der Waals surface area contributed by atoms with Gasteiger partial charge in [-0.3, -0.25) is 9.59 Å². The summed E-state index contributed by atoms with van der Waals surface area (Å²) in [6, 6.07) is 15.0. The highest BCUT2D eigenvalue weighted by Gasteiger charge is 2.09. The summed E-state index contributed by atoms with van der Waals surface area (Å²) in [6.45, 7) is 0. The smallest absolute Gasteiger partial charge is 0.253 e. The van der Waals surface area contributed by atoms with Gasteiger partial charge in [0.2, 0.25) is 0 Å². The van der Waals surface area contributed by atoms with E-state index in [-0.39, 0.29) is 11.8 Å². The molecule has 0 aliphatic carbocycles. The van der Waals surface area contributed by atoms with Crippen molar-refractivity contribution >= 4 is 23.6 Å². The first kappa shape index (κ1) is 17.1. The SMILES string of the molecule is CN(C)C(=O)c1ccc(Sc2ccc(C(=O)N(C)C)cc2)cc1. The molecule has 2 amide bonds. The van der Waals surface area contributed by atoms with Crippen LogP contribution in [0.1, 0.15) is 20.7 Å². The maximum atomic E-state index is 11.9. The molecule has 0 saturated carbocycles. The molecule has 23 heavy (non-hydrogen) atoms. The summed E-state index contributed by atoms with van der Waals surface area (Å²) in [6.07, 6.45) is 0. The van der Waals surface area contributed by atoms with E-state index < -0.39 is 0 Å². The highest BCUT2D eigenvalue weighted by molar-refractivity contribution is 7.99. The van der Waals surface area contributed by atoms with E-state index in [9.17, 15) is 9.59 Å². The summed E-state index contributed by atoms with van der Waals surface area (Å²) in [5.41, 5.74) is 1.34. The highest BCUT2D eigenvalue weighted by Crippen LogP contribution is 2.28. The Kier molecular flexibility index (Phi) is 5.45. The monoisotopic (exact) mass is 328 g/mol. The fraction of sp³-hybridized carbons (Fsp3) is 0.222. The van der Waals surface area contributed by atoms with E-state index in [1.54, 1.807) is 49.8 Å². The molecular weight excluding hydrogens is 308 g/mol. The van der Waals surface area contributed by atoms with Gasteiger partial charge in [-0.2, -0.15) is 0 Å². The zero-order valence-corrected chi connectivity index (χ0v) is 14.6. The third-order valence-corrected chi connectivity index (χ3v) is 4.27. The fourth-order valence-electron chi connectivity index (χ4n) is 1.98. The topological polar surface area (TPSA) is 40.6 Å². The lowest BCUT2D eigenvalue weighted by Crippen LogP contribution is -2.21. The average molecular weight is 328 g/mol. The summed E-state index contributed by atoms with van der Waals surface area (Å²) < 4.78 is 0. The van der Waals surface area contributed by atoms with E-state index in [0.29, 0.717) is 11.1 Å². The molecule has 0 aliphatic heterocycles. The van der Waals surface area contributed by atoms with Crippen LogP contribution >= 0.6 is 11.8 Å². The van der Waals surface area contributed by atoms with Gasteiger partial charge in [-0.25, -0.2) is 0 Å². The van der Waals surface area contributed by atoms with E-state index in [0.717, 1.165) is 9.79 Å². The van der Waals surface area contributed by atoms with E-state index >= 15 is 0 Å². The molecule has 0 heterocycles. The number of rotatable bonds is 4. The molecule has 0 unspecified atom stereocenters. The molecule has 0 radical (unpaired) electrons. The quantitative estimate of drug-likeness (QED) is 0.865. The Morgan fingerprint density at radius 3 is 1.22 bits per heavy atom. The molecule has 0 aromatic heterocycles. The minimum atomic E-state index is -0.00639. The molecule has 0 bridgehead atoms. The van der Waals surface area contributed by atoms with Gasteiger partial charge in [0.1, 0.15) is 0 Å². The van der Waals surface area contributed by atoms with Crippen LogP contribution in [0.25, 0.3) is 0 Å². The molecule has 0 spiro atoms. The van der Waals surface area contributed by atoms with Gasteiger partial charge in [-0.15, -0.1) is 0 Å². The van der Waals surface area contributed by atoms with Gasteiger partial charge in [-0.1, -0.05) is 11.8 Å². The van der Waals surface area contributed by atoms with Gasteiger partial charge in [0.15, 0.2) is 0 Å². The Bertz CT molecular complexity index is 630. The minimum absolute atomic E-state index is 0.00639. The van der Waals surface area contributed by atoms with Crippen molar-refractivity contribution in [3.63, 3.8) is 0 Å². The van der Waals surface area contributed by atoms with Crippen LogP contribution in [0.15, 0.2) is 58.3 Å². The third kappa shape index (κ3) is 4.36. The molecular formula is C18H20N2O2S. The minimum Gasteiger partial charge on any atom is -0.345 e. The van der Waals surface area contributed by atoms with E-state index in [2.05, 4.69) is 0 Å². The van der Waals surface area contributed by atoms with E-state index in [1.807, 2.05) is 48.5 Å². The molecule has 120 valence electrons. The number of amides is 2. The predicted octanol–water partition coefficient (Wildman–Crippen LogP) is 3.24. The molecule has 2 aromatic carbocycles. The van der Waals surface area contributed by atoms with E-state index in [4.69, 9.17) is 0 Å². The molecule has 0 saturated heterocycles. The molecule has 4 nitrogen and oxygen atoms in total. The molecule has 2 rings (SSSR count). The van der Waals surface area contributed by atoms with Crippen LogP contribution in [0.2, 0.25) is 0 Å². The van der Waals surface area contributed by atoms with Crippen molar-refractivity contribution in [3.05, 3.63) is 59.7 Å². The summed E-state index contributed by atoms with van der Waals surface area (Å²) in [4.78, 5) is 28.9. The number of nitrogens with zero attached hydrogens (tertiary/aromatic N) is 2. The Hall–Kier alpha value is -2.27. The van der Waals surface area contributed by atoms with Crippen LogP contribution in [-0.4, -0.2) is 49.8 Å². The standard InChI is InChI=1S/C18H20N2O2S/c1-19(2)17(21)13-5-9-15(10-6-13)23-16-11-7-14(8-12-16)18(22)20(3)4/h5-12H,1-4H3. The Morgan fingerprint density at radius 2 is 0.957 bits per heavy atom. The van der Waals surface area contributed by atoms with Crippen molar-refractivity contribution in [3.8, 4) is 0 Å². The van der Waals surface area contributed by atoms with Gasteiger partial charge in [0.05, 0.1) is 0 Å². The molecule has 0 aliphatic rings. The van der Waals surface area contributed by atoms with Crippen molar-refractivity contribution in [2.75, 3.05) is 28.2 Å². The first-order chi connectivity index (χ1) is 10.9. The van der Waals surface area contributed by atoms with Gasteiger partial charge >= 0.3 is 0 Å². The summed E-state index contributed by atoms with van der Waals surface area (Å²) in [5.74, 6) is -0.0128. The maximum Gasteiger partial charge on any atom is 0.253 e. The average Bonchev–Trinajstić information content (AvgIpc) is 2.54. The Morgan fingerprint density at radius 1 is 0.652 bits per heavy atom. The number of carbonyl (C=O) groups excluding carboxylic acids is 2. The molecule has 2 aromatic rings. The summed E-state index contributed by atoms with van der Waals surface area (Å²) in [5, 5.41) is 0.